The van der Waals surface area contributed by atoms with Gasteiger partial charge in [-0.1, -0.05) is 29.3 Å². The minimum Gasteiger partial charge on any atom is -0.392 e. The third-order valence-corrected chi connectivity index (χ3v) is 3.12. The van der Waals surface area contributed by atoms with E-state index in [0.29, 0.717) is 10.0 Å². The molecular formula is C13H11Cl2NO. The monoisotopic (exact) mass is 267 g/mol. The van der Waals surface area contributed by atoms with E-state index < -0.39 is 0 Å². The first-order valence-corrected chi connectivity index (χ1v) is 5.90. The van der Waals surface area contributed by atoms with Crippen molar-refractivity contribution in [3.05, 3.63) is 51.6 Å². The Morgan fingerprint density at radius 2 is 1.94 bits per heavy atom. The van der Waals surface area contributed by atoms with Crippen molar-refractivity contribution in [1.82, 2.24) is 4.98 Å². The van der Waals surface area contributed by atoms with E-state index in [1.54, 1.807) is 12.1 Å². The maximum absolute atomic E-state index is 9.09. The fourth-order valence-electron chi connectivity index (χ4n) is 1.60. The highest BCUT2D eigenvalue weighted by Crippen LogP contribution is 2.29. The van der Waals surface area contributed by atoms with Crippen LogP contribution in [-0.2, 0) is 6.61 Å². The zero-order valence-corrected chi connectivity index (χ0v) is 10.8. The van der Waals surface area contributed by atoms with Crippen LogP contribution in [0.3, 0.4) is 0 Å². The third kappa shape index (κ3) is 2.60. The normalized spacial score (nSPS) is 10.6. The molecule has 0 bridgehead atoms. The van der Waals surface area contributed by atoms with E-state index in [-0.39, 0.29) is 6.61 Å². The minimum atomic E-state index is -0.00648. The van der Waals surface area contributed by atoms with Crippen molar-refractivity contribution in [1.29, 1.82) is 0 Å². The molecule has 0 amide bonds. The average Bonchev–Trinajstić information content (AvgIpc) is 2.29. The van der Waals surface area contributed by atoms with E-state index in [1.807, 2.05) is 25.1 Å². The molecule has 0 unspecified atom stereocenters. The molecular weight excluding hydrogens is 257 g/mol. The number of nitrogens with zero attached hydrogens (tertiary/aromatic N) is 1. The molecule has 1 heterocycles. The van der Waals surface area contributed by atoms with Crippen LogP contribution in [0.1, 0.15) is 11.3 Å². The molecule has 0 radical (unpaired) electrons. The number of aliphatic hydroxyl groups excluding tert-OH is 1. The highest BCUT2D eigenvalue weighted by Gasteiger charge is 2.07. The number of pyridine rings is 1. The summed E-state index contributed by atoms with van der Waals surface area (Å²) in [7, 11) is 0. The first kappa shape index (κ1) is 12.4. The molecule has 2 rings (SSSR count). The Balaban J connectivity index is 2.50. The summed E-state index contributed by atoms with van der Waals surface area (Å²) in [5.41, 5.74) is 3.24. The molecule has 0 saturated heterocycles. The number of hydrogen-bond donors (Lipinski definition) is 1. The van der Waals surface area contributed by atoms with Crippen molar-refractivity contribution in [2.45, 2.75) is 13.5 Å². The number of halogens is 2. The van der Waals surface area contributed by atoms with Gasteiger partial charge < -0.3 is 5.11 Å². The molecule has 1 aromatic carbocycles. The molecule has 4 heteroatoms. The Bertz CT molecular complexity index is 555. The van der Waals surface area contributed by atoms with Crippen LogP contribution < -0.4 is 0 Å². The number of hydrogen-bond acceptors (Lipinski definition) is 2. The standard InChI is InChI=1S/C13H11Cl2NO/c1-8-9(7-17)2-5-13(16-8)11-4-3-10(14)6-12(11)15/h2-6,17H,7H2,1H3. The van der Waals surface area contributed by atoms with Crippen molar-refractivity contribution in [2.24, 2.45) is 0 Å². The molecule has 0 atom stereocenters. The minimum absolute atomic E-state index is 0.00648. The molecule has 2 aromatic rings. The third-order valence-electron chi connectivity index (χ3n) is 2.57. The zero-order valence-electron chi connectivity index (χ0n) is 9.24. The summed E-state index contributed by atoms with van der Waals surface area (Å²) in [5, 5.41) is 10.3. The number of benzene rings is 1. The highest BCUT2D eigenvalue weighted by molar-refractivity contribution is 6.36. The van der Waals surface area contributed by atoms with Crippen molar-refractivity contribution >= 4 is 23.2 Å². The molecule has 1 aromatic heterocycles. The quantitative estimate of drug-likeness (QED) is 0.897. The first-order chi connectivity index (χ1) is 8.11. The van der Waals surface area contributed by atoms with Gasteiger partial charge in [0.05, 0.1) is 17.3 Å². The van der Waals surface area contributed by atoms with Gasteiger partial charge in [-0.2, -0.15) is 0 Å². The van der Waals surface area contributed by atoms with Gasteiger partial charge in [0.15, 0.2) is 0 Å². The fraction of sp³-hybridized carbons (Fsp3) is 0.154. The van der Waals surface area contributed by atoms with Crippen LogP contribution in [0.5, 0.6) is 0 Å². The molecule has 0 aliphatic carbocycles. The molecule has 0 aliphatic heterocycles. The summed E-state index contributed by atoms with van der Waals surface area (Å²) in [6.45, 7) is 1.85. The summed E-state index contributed by atoms with van der Waals surface area (Å²) >= 11 is 12.0. The summed E-state index contributed by atoms with van der Waals surface area (Å²) in [6.07, 6.45) is 0. The van der Waals surface area contributed by atoms with E-state index >= 15 is 0 Å². The van der Waals surface area contributed by atoms with Gasteiger partial charge in [-0.25, -0.2) is 0 Å². The fourth-order valence-corrected chi connectivity index (χ4v) is 2.11. The highest BCUT2D eigenvalue weighted by atomic mass is 35.5. The van der Waals surface area contributed by atoms with Crippen LogP contribution in [0.4, 0.5) is 0 Å². The Labute approximate surface area is 110 Å². The van der Waals surface area contributed by atoms with Gasteiger partial charge in [-0.05, 0) is 36.8 Å². The van der Waals surface area contributed by atoms with Gasteiger partial charge in [0.2, 0.25) is 0 Å². The first-order valence-electron chi connectivity index (χ1n) is 5.14. The lowest BCUT2D eigenvalue weighted by Gasteiger charge is -2.07. The molecule has 17 heavy (non-hydrogen) atoms. The summed E-state index contributed by atoms with van der Waals surface area (Å²) in [6, 6.07) is 9.00. The maximum atomic E-state index is 9.09. The van der Waals surface area contributed by atoms with Crippen LogP contribution >= 0.6 is 23.2 Å². The van der Waals surface area contributed by atoms with Gasteiger partial charge in [-0.3, -0.25) is 4.98 Å². The molecule has 0 saturated carbocycles. The SMILES string of the molecule is Cc1nc(-c2ccc(Cl)cc2Cl)ccc1CO. The Morgan fingerprint density at radius 1 is 1.18 bits per heavy atom. The van der Waals surface area contributed by atoms with Gasteiger partial charge in [0.1, 0.15) is 0 Å². The number of aliphatic hydroxyl groups is 1. The van der Waals surface area contributed by atoms with Crippen molar-refractivity contribution in [2.75, 3.05) is 0 Å². The van der Waals surface area contributed by atoms with Gasteiger partial charge in [0.25, 0.3) is 0 Å². The van der Waals surface area contributed by atoms with Gasteiger partial charge in [-0.15, -0.1) is 0 Å². The lowest BCUT2D eigenvalue weighted by Crippen LogP contribution is -1.94. The molecule has 0 fully saturated rings. The number of rotatable bonds is 2. The summed E-state index contributed by atoms with van der Waals surface area (Å²) < 4.78 is 0. The second kappa shape index (κ2) is 5.05. The number of aromatic nitrogens is 1. The number of aryl methyl sites for hydroxylation is 1. The van der Waals surface area contributed by atoms with E-state index in [0.717, 1.165) is 22.5 Å². The van der Waals surface area contributed by atoms with Crippen molar-refractivity contribution in [3.8, 4) is 11.3 Å². The van der Waals surface area contributed by atoms with Crippen LogP contribution in [-0.4, -0.2) is 10.1 Å². The topological polar surface area (TPSA) is 33.1 Å². The van der Waals surface area contributed by atoms with Crippen LogP contribution in [0, 0.1) is 6.92 Å². The Morgan fingerprint density at radius 3 is 2.53 bits per heavy atom. The largest absolute Gasteiger partial charge is 0.392 e. The predicted octanol–water partition coefficient (Wildman–Crippen LogP) is 3.86. The Hall–Kier alpha value is -1.09. The molecule has 0 spiro atoms. The van der Waals surface area contributed by atoms with Crippen LogP contribution in [0.25, 0.3) is 11.3 Å². The van der Waals surface area contributed by atoms with Crippen LogP contribution in [0.2, 0.25) is 10.0 Å². The van der Waals surface area contributed by atoms with E-state index in [2.05, 4.69) is 4.98 Å². The van der Waals surface area contributed by atoms with E-state index in [9.17, 15) is 0 Å². The van der Waals surface area contributed by atoms with Gasteiger partial charge >= 0.3 is 0 Å². The summed E-state index contributed by atoms with van der Waals surface area (Å²) in [4.78, 5) is 4.42. The van der Waals surface area contributed by atoms with E-state index in [1.165, 1.54) is 0 Å². The van der Waals surface area contributed by atoms with E-state index in [4.69, 9.17) is 28.3 Å². The summed E-state index contributed by atoms with van der Waals surface area (Å²) in [5.74, 6) is 0. The molecule has 0 aliphatic rings. The lowest BCUT2D eigenvalue weighted by molar-refractivity contribution is 0.280. The average molecular weight is 268 g/mol. The second-order valence-electron chi connectivity index (χ2n) is 3.72. The van der Waals surface area contributed by atoms with Crippen molar-refractivity contribution in [3.63, 3.8) is 0 Å². The lowest BCUT2D eigenvalue weighted by atomic mass is 10.1. The second-order valence-corrected chi connectivity index (χ2v) is 4.57. The molecule has 1 N–H and O–H groups in total. The van der Waals surface area contributed by atoms with Crippen LogP contribution in [0.15, 0.2) is 30.3 Å². The maximum Gasteiger partial charge on any atom is 0.0720 e. The van der Waals surface area contributed by atoms with Gasteiger partial charge in [0, 0.05) is 16.3 Å². The Kier molecular flexibility index (Phi) is 3.67. The zero-order chi connectivity index (χ0) is 12.4. The van der Waals surface area contributed by atoms with Crippen molar-refractivity contribution < 1.29 is 5.11 Å². The smallest absolute Gasteiger partial charge is 0.0720 e. The predicted molar refractivity (Wildman–Crippen MR) is 70.4 cm³/mol. The molecule has 88 valence electrons. The molecule has 2 nitrogen and oxygen atoms in total.